The molecule has 37 heavy (non-hydrogen) atoms. The molecule has 4 N–H and O–H groups in total. The molecule has 1 aliphatic carbocycles. The van der Waals surface area contributed by atoms with E-state index in [-0.39, 0.29) is 5.41 Å². The summed E-state index contributed by atoms with van der Waals surface area (Å²) in [7, 11) is 0. The summed E-state index contributed by atoms with van der Waals surface area (Å²) < 4.78 is 0. The van der Waals surface area contributed by atoms with Gasteiger partial charge in [-0.3, -0.25) is 0 Å². The second-order valence-electron chi connectivity index (χ2n) is 10.3. The average Bonchev–Trinajstić information content (AvgIpc) is 3.18. The van der Waals surface area contributed by atoms with E-state index in [1.165, 1.54) is 54.9 Å². The number of fused-ring (bicyclic) bond motifs is 5. The van der Waals surface area contributed by atoms with Crippen LogP contribution in [-0.4, -0.2) is 0 Å². The fourth-order valence-electron chi connectivity index (χ4n) is 6.56. The molecule has 0 unspecified atom stereocenters. The van der Waals surface area contributed by atoms with Crippen molar-refractivity contribution >= 4 is 32.9 Å². The minimum absolute atomic E-state index is 0.210. The molecule has 7 rings (SSSR count). The fraction of sp³-hybridized carbons (Fsp3) is 0.0857. The maximum absolute atomic E-state index is 6.15. The van der Waals surface area contributed by atoms with Crippen LogP contribution in [0.3, 0.4) is 0 Å². The third-order valence-electron chi connectivity index (χ3n) is 8.15. The Hall–Kier alpha value is -4.56. The van der Waals surface area contributed by atoms with Gasteiger partial charge in [0.15, 0.2) is 0 Å². The van der Waals surface area contributed by atoms with E-state index in [1.54, 1.807) is 0 Å². The lowest BCUT2D eigenvalue weighted by Crippen LogP contribution is -2.31. The highest BCUT2D eigenvalue weighted by atomic mass is 14.5. The highest BCUT2D eigenvalue weighted by Gasteiger charge is 2.43. The molecule has 0 aliphatic heterocycles. The lowest BCUT2D eigenvalue weighted by atomic mass is 9.69. The fourth-order valence-corrected chi connectivity index (χ4v) is 6.56. The highest BCUT2D eigenvalue weighted by Crippen LogP contribution is 2.53. The molecule has 0 heterocycles. The first-order valence-electron chi connectivity index (χ1n) is 12.9. The van der Waals surface area contributed by atoms with Gasteiger partial charge < -0.3 is 11.5 Å². The molecule has 1 aliphatic rings. The first-order valence-corrected chi connectivity index (χ1v) is 12.9. The predicted octanol–water partition coefficient (Wildman–Crippen LogP) is 7.91. The molecule has 0 spiro atoms. The molecule has 2 heteroatoms. The number of rotatable bonds is 4. The Morgan fingerprint density at radius 3 is 1.41 bits per heavy atom. The van der Waals surface area contributed by atoms with E-state index in [0.29, 0.717) is 0 Å². The zero-order valence-electron chi connectivity index (χ0n) is 20.6. The molecule has 2 nitrogen and oxygen atoms in total. The summed E-state index contributed by atoms with van der Waals surface area (Å²) in [5.41, 5.74) is 21.8. The molecule has 6 aromatic carbocycles. The van der Waals surface area contributed by atoms with Gasteiger partial charge in [0.05, 0.1) is 0 Å². The lowest BCUT2D eigenvalue weighted by Gasteiger charge is -2.34. The van der Waals surface area contributed by atoms with Crippen molar-refractivity contribution in [2.24, 2.45) is 0 Å². The molecule has 0 atom stereocenters. The van der Waals surface area contributed by atoms with Crippen molar-refractivity contribution in [3.8, 4) is 11.1 Å². The third-order valence-corrected chi connectivity index (χ3v) is 8.15. The normalized spacial score (nSPS) is 13.5. The Kier molecular flexibility index (Phi) is 4.84. The van der Waals surface area contributed by atoms with Crippen molar-refractivity contribution in [1.29, 1.82) is 0 Å². The van der Waals surface area contributed by atoms with Crippen LogP contribution in [0.2, 0.25) is 0 Å². The molecule has 0 fully saturated rings. The first-order chi connectivity index (χ1) is 18.1. The van der Waals surface area contributed by atoms with E-state index < -0.39 is 0 Å². The van der Waals surface area contributed by atoms with E-state index in [0.717, 1.165) is 24.2 Å². The van der Waals surface area contributed by atoms with Crippen LogP contribution < -0.4 is 11.5 Å². The summed E-state index contributed by atoms with van der Waals surface area (Å²) in [6.07, 6.45) is 1.79. The van der Waals surface area contributed by atoms with Gasteiger partial charge in [-0.2, -0.15) is 0 Å². The van der Waals surface area contributed by atoms with Crippen LogP contribution in [0.1, 0.15) is 22.3 Å². The Bertz CT molecular complexity index is 1680. The maximum atomic E-state index is 6.15. The Labute approximate surface area is 217 Å². The number of nitrogens with two attached hydrogens (primary N) is 2. The van der Waals surface area contributed by atoms with Crippen molar-refractivity contribution in [3.05, 3.63) is 144 Å². The van der Waals surface area contributed by atoms with Crippen LogP contribution in [0.15, 0.2) is 121 Å². The van der Waals surface area contributed by atoms with Gasteiger partial charge in [0.1, 0.15) is 0 Å². The quantitative estimate of drug-likeness (QED) is 0.254. The lowest BCUT2D eigenvalue weighted by molar-refractivity contribution is 0.523. The molecule has 6 aromatic rings. The molecule has 0 bridgehead atoms. The summed E-state index contributed by atoms with van der Waals surface area (Å²) >= 11 is 0. The van der Waals surface area contributed by atoms with Gasteiger partial charge in [-0.05, 0) is 92.0 Å². The standard InChI is InChI=1S/C35H28N2/c36-27-15-17-29-23(19-27)7-5-9-25(29)21-35(22-26-10-6-8-24-20-28(37)16-18-30(24)26)33-13-3-1-11-31(33)32-12-2-4-14-34(32)35/h1-20H,21-22,36-37H2. The second kappa shape index (κ2) is 8.25. The molecular weight excluding hydrogens is 448 g/mol. The van der Waals surface area contributed by atoms with Gasteiger partial charge in [0, 0.05) is 16.8 Å². The highest BCUT2D eigenvalue weighted by molar-refractivity contribution is 5.91. The summed E-state index contributed by atoms with van der Waals surface area (Å²) in [5.74, 6) is 0. The monoisotopic (exact) mass is 476 g/mol. The SMILES string of the molecule is Nc1ccc2c(CC3(Cc4cccc5cc(N)ccc45)c4ccccc4-c4ccccc43)cccc2c1. The minimum atomic E-state index is -0.210. The van der Waals surface area contributed by atoms with Crippen LogP contribution in [0, 0.1) is 0 Å². The second-order valence-corrected chi connectivity index (χ2v) is 10.3. The van der Waals surface area contributed by atoms with Gasteiger partial charge >= 0.3 is 0 Å². The summed E-state index contributed by atoms with van der Waals surface area (Å²) in [6, 6.07) is 43.7. The van der Waals surface area contributed by atoms with Crippen LogP contribution in [0.25, 0.3) is 32.7 Å². The third kappa shape index (κ3) is 3.41. The average molecular weight is 477 g/mol. The summed E-state index contributed by atoms with van der Waals surface area (Å²) in [5, 5.41) is 4.91. The molecule has 0 saturated carbocycles. The van der Waals surface area contributed by atoms with E-state index in [1.807, 2.05) is 12.1 Å². The van der Waals surface area contributed by atoms with E-state index in [4.69, 9.17) is 11.5 Å². The van der Waals surface area contributed by atoms with Gasteiger partial charge in [0.2, 0.25) is 0 Å². The largest absolute Gasteiger partial charge is 0.399 e. The van der Waals surface area contributed by atoms with Crippen LogP contribution in [0.4, 0.5) is 11.4 Å². The summed E-state index contributed by atoms with van der Waals surface area (Å²) in [4.78, 5) is 0. The van der Waals surface area contributed by atoms with E-state index in [9.17, 15) is 0 Å². The number of benzene rings is 6. The van der Waals surface area contributed by atoms with Gasteiger partial charge in [-0.15, -0.1) is 0 Å². The minimum Gasteiger partial charge on any atom is -0.399 e. The van der Waals surface area contributed by atoms with Crippen LogP contribution in [0.5, 0.6) is 0 Å². The zero-order valence-corrected chi connectivity index (χ0v) is 20.6. The van der Waals surface area contributed by atoms with Crippen molar-refractivity contribution in [1.82, 2.24) is 0 Å². The molecule has 178 valence electrons. The molecular formula is C35H28N2. The maximum Gasteiger partial charge on any atom is 0.0320 e. The van der Waals surface area contributed by atoms with Gasteiger partial charge in [-0.25, -0.2) is 0 Å². The smallest absolute Gasteiger partial charge is 0.0320 e. The van der Waals surface area contributed by atoms with E-state index >= 15 is 0 Å². The van der Waals surface area contributed by atoms with Gasteiger partial charge in [-0.1, -0.05) is 97.1 Å². The Morgan fingerprint density at radius 2 is 0.919 bits per heavy atom. The molecule has 0 radical (unpaired) electrons. The Morgan fingerprint density at radius 1 is 0.459 bits per heavy atom. The summed E-state index contributed by atoms with van der Waals surface area (Å²) in [6.45, 7) is 0. The van der Waals surface area contributed by atoms with Crippen molar-refractivity contribution in [3.63, 3.8) is 0 Å². The molecule has 0 amide bonds. The van der Waals surface area contributed by atoms with Crippen LogP contribution >= 0.6 is 0 Å². The first kappa shape index (κ1) is 21.7. The Balaban J connectivity index is 1.50. The molecule has 0 aromatic heterocycles. The molecule has 0 saturated heterocycles. The van der Waals surface area contributed by atoms with E-state index in [2.05, 4.69) is 109 Å². The number of anilines is 2. The number of nitrogen functional groups attached to an aromatic ring is 2. The van der Waals surface area contributed by atoms with Crippen molar-refractivity contribution in [2.45, 2.75) is 18.3 Å². The predicted molar refractivity (Wildman–Crippen MR) is 157 cm³/mol. The topological polar surface area (TPSA) is 52.0 Å². The van der Waals surface area contributed by atoms with Gasteiger partial charge in [0.25, 0.3) is 0 Å². The number of hydrogen-bond acceptors (Lipinski definition) is 2. The zero-order chi connectivity index (χ0) is 25.0. The van der Waals surface area contributed by atoms with Crippen molar-refractivity contribution < 1.29 is 0 Å². The van der Waals surface area contributed by atoms with Crippen LogP contribution in [-0.2, 0) is 18.3 Å². The van der Waals surface area contributed by atoms with Crippen molar-refractivity contribution in [2.75, 3.05) is 11.5 Å². The number of hydrogen-bond donors (Lipinski definition) is 2.